The van der Waals surface area contributed by atoms with E-state index in [9.17, 15) is 9.59 Å². The van der Waals surface area contributed by atoms with Crippen molar-refractivity contribution < 1.29 is 23.5 Å². The van der Waals surface area contributed by atoms with Crippen molar-refractivity contribution >= 4 is 22.8 Å². The van der Waals surface area contributed by atoms with Crippen molar-refractivity contribution in [2.24, 2.45) is 0 Å². The number of ether oxygens (including phenoxy) is 2. The van der Waals surface area contributed by atoms with Gasteiger partial charge in [-0.25, -0.2) is 0 Å². The fourth-order valence-corrected chi connectivity index (χ4v) is 2.79. The van der Waals surface area contributed by atoms with Crippen LogP contribution in [0.25, 0.3) is 11.0 Å². The molecule has 3 aromatic rings. The second kappa shape index (κ2) is 8.40. The first-order chi connectivity index (χ1) is 13.1. The molecule has 6 nitrogen and oxygen atoms in total. The first-order valence-corrected chi connectivity index (χ1v) is 8.61. The molecule has 0 saturated heterocycles. The number of rotatable bonds is 7. The zero-order chi connectivity index (χ0) is 19.2. The number of methoxy groups -OCH3 is 1. The second-order valence-corrected chi connectivity index (χ2v) is 6.16. The third-order valence-electron chi connectivity index (χ3n) is 4.24. The Hall–Kier alpha value is -3.28. The Balaban J connectivity index is 1.51. The smallest absolute Gasteiger partial charge is 0.310 e. The average molecular weight is 367 g/mol. The zero-order valence-corrected chi connectivity index (χ0v) is 15.2. The van der Waals surface area contributed by atoms with Crippen molar-refractivity contribution in [2.75, 3.05) is 13.7 Å². The number of amides is 1. The minimum atomic E-state index is -0.490. The summed E-state index contributed by atoms with van der Waals surface area (Å²) in [5.41, 5.74) is 2.32. The molecule has 1 atom stereocenters. The lowest BCUT2D eigenvalue weighted by molar-refractivity contribution is -0.148. The SMILES string of the molecule is COc1ccc2c(CC(=O)OCC(=O)N[C@H](C)c3ccccc3)coc2c1. The van der Waals surface area contributed by atoms with Gasteiger partial charge in [0.05, 0.1) is 25.8 Å². The Morgan fingerprint density at radius 1 is 1.15 bits per heavy atom. The number of carbonyl (C=O) groups is 2. The van der Waals surface area contributed by atoms with Gasteiger partial charge < -0.3 is 19.2 Å². The summed E-state index contributed by atoms with van der Waals surface area (Å²) in [6.45, 7) is 1.56. The topological polar surface area (TPSA) is 77.8 Å². The van der Waals surface area contributed by atoms with Gasteiger partial charge >= 0.3 is 5.97 Å². The third kappa shape index (κ3) is 4.67. The van der Waals surface area contributed by atoms with Crippen LogP contribution in [0.15, 0.2) is 59.2 Å². The van der Waals surface area contributed by atoms with E-state index in [1.165, 1.54) is 6.26 Å². The van der Waals surface area contributed by atoms with Crippen LogP contribution in [0.2, 0.25) is 0 Å². The van der Waals surface area contributed by atoms with Gasteiger partial charge in [-0.3, -0.25) is 9.59 Å². The standard InChI is InChI=1S/C21H21NO5/c1-14(15-6-4-3-5-7-15)22-20(23)13-27-21(24)10-16-12-26-19-11-17(25-2)8-9-18(16)19/h3-9,11-12,14H,10,13H2,1-2H3,(H,22,23)/t14-/m1/s1. The Morgan fingerprint density at radius 2 is 1.93 bits per heavy atom. The molecule has 0 saturated carbocycles. The molecular weight excluding hydrogens is 346 g/mol. The minimum absolute atomic E-state index is 0.0286. The molecule has 0 unspecified atom stereocenters. The van der Waals surface area contributed by atoms with Crippen LogP contribution in [0.3, 0.4) is 0 Å². The molecule has 2 aromatic carbocycles. The summed E-state index contributed by atoms with van der Waals surface area (Å²) in [5.74, 6) is -0.160. The molecule has 0 radical (unpaired) electrons. The van der Waals surface area contributed by atoms with Crippen molar-refractivity contribution in [3.63, 3.8) is 0 Å². The van der Waals surface area contributed by atoms with Gasteiger partial charge in [-0.05, 0) is 24.6 Å². The number of fused-ring (bicyclic) bond motifs is 1. The maximum atomic E-state index is 12.1. The van der Waals surface area contributed by atoms with E-state index in [-0.39, 0.29) is 25.0 Å². The molecule has 1 heterocycles. The number of carbonyl (C=O) groups excluding carboxylic acids is 2. The second-order valence-electron chi connectivity index (χ2n) is 6.16. The highest BCUT2D eigenvalue weighted by Gasteiger charge is 2.15. The van der Waals surface area contributed by atoms with E-state index >= 15 is 0 Å². The number of hydrogen-bond acceptors (Lipinski definition) is 5. The molecular formula is C21H21NO5. The maximum Gasteiger partial charge on any atom is 0.310 e. The van der Waals surface area contributed by atoms with E-state index in [4.69, 9.17) is 13.9 Å². The molecule has 1 amide bonds. The lowest BCUT2D eigenvalue weighted by Gasteiger charge is -2.14. The molecule has 3 rings (SSSR count). The number of hydrogen-bond donors (Lipinski definition) is 1. The van der Waals surface area contributed by atoms with Gasteiger partial charge in [0.25, 0.3) is 5.91 Å². The van der Waals surface area contributed by atoms with Crippen molar-refractivity contribution in [3.05, 3.63) is 65.9 Å². The van der Waals surface area contributed by atoms with Crippen molar-refractivity contribution in [1.29, 1.82) is 0 Å². The number of esters is 1. The monoisotopic (exact) mass is 367 g/mol. The molecule has 6 heteroatoms. The Bertz CT molecular complexity index is 932. The number of benzene rings is 2. The first-order valence-electron chi connectivity index (χ1n) is 8.61. The van der Waals surface area contributed by atoms with Crippen LogP contribution in [-0.2, 0) is 20.7 Å². The molecule has 1 N–H and O–H groups in total. The zero-order valence-electron chi connectivity index (χ0n) is 15.2. The Labute approximate surface area is 157 Å². The number of nitrogens with one attached hydrogen (secondary N) is 1. The predicted molar refractivity (Wildman–Crippen MR) is 100 cm³/mol. The quantitative estimate of drug-likeness (QED) is 0.648. The lowest BCUT2D eigenvalue weighted by Crippen LogP contribution is -2.31. The van der Waals surface area contributed by atoms with Gasteiger partial charge in [-0.15, -0.1) is 0 Å². The number of furan rings is 1. The lowest BCUT2D eigenvalue weighted by atomic mass is 10.1. The summed E-state index contributed by atoms with van der Waals surface area (Å²) in [6, 6.07) is 14.8. The van der Waals surface area contributed by atoms with Crippen LogP contribution in [0.4, 0.5) is 0 Å². The Morgan fingerprint density at radius 3 is 2.67 bits per heavy atom. The van der Waals surface area contributed by atoms with Crippen LogP contribution in [0.1, 0.15) is 24.1 Å². The molecule has 0 aliphatic heterocycles. The highest BCUT2D eigenvalue weighted by molar-refractivity contribution is 5.87. The molecule has 140 valence electrons. The van der Waals surface area contributed by atoms with Crippen LogP contribution in [0, 0.1) is 0 Å². The van der Waals surface area contributed by atoms with Gasteiger partial charge in [0.1, 0.15) is 11.3 Å². The van der Waals surface area contributed by atoms with Crippen LogP contribution in [0.5, 0.6) is 5.75 Å². The van der Waals surface area contributed by atoms with Crippen LogP contribution in [-0.4, -0.2) is 25.6 Å². The van der Waals surface area contributed by atoms with E-state index in [2.05, 4.69) is 5.32 Å². The van der Waals surface area contributed by atoms with E-state index in [1.54, 1.807) is 19.2 Å². The molecule has 0 aliphatic rings. The van der Waals surface area contributed by atoms with E-state index < -0.39 is 5.97 Å². The fraction of sp³-hybridized carbons (Fsp3) is 0.238. The molecule has 1 aromatic heterocycles. The predicted octanol–water partition coefficient (Wildman–Crippen LogP) is 3.40. The van der Waals surface area contributed by atoms with Crippen LogP contribution >= 0.6 is 0 Å². The van der Waals surface area contributed by atoms with Crippen molar-refractivity contribution in [2.45, 2.75) is 19.4 Å². The fourth-order valence-electron chi connectivity index (χ4n) is 2.79. The van der Waals surface area contributed by atoms with E-state index in [0.29, 0.717) is 16.9 Å². The molecule has 0 spiro atoms. The van der Waals surface area contributed by atoms with Gasteiger partial charge in [-0.1, -0.05) is 30.3 Å². The summed E-state index contributed by atoms with van der Waals surface area (Å²) in [7, 11) is 1.58. The maximum absolute atomic E-state index is 12.1. The van der Waals surface area contributed by atoms with Crippen molar-refractivity contribution in [1.82, 2.24) is 5.32 Å². The summed E-state index contributed by atoms with van der Waals surface area (Å²) < 4.78 is 15.7. The molecule has 0 fully saturated rings. The molecule has 0 bridgehead atoms. The van der Waals surface area contributed by atoms with Gasteiger partial charge in [0, 0.05) is 17.0 Å². The molecule has 0 aliphatic carbocycles. The van der Waals surface area contributed by atoms with E-state index in [1.807, 2.05) is 43.3 Å². The van der Waals surface area contributed by atoms with Gasteiger partial charge in [0.15, 0.2) is 6.61 Å². The third-order valence-corrected chi connectivity index (χ3v) is 4.24. The Kier molecular flexibility index (Phi) is 5.76. The normalized spacial score (nSPS) is 11.8. The summed E-state index contributed by atoms with van der Waals surface area (Å²) in [5, 5.41) is 3.62. The minimum Gasteiger partial charge on any atom is -0.497 e. The highest BCUT2D eigenvalue weighted by Crippen LogP contribution is 2.26. The molecule has 27 heavy (non-hydrogen) atoms. The summed E-state index contributed by atoms with van der Waals surface area (Å²) in [6.07, 6.45) is 1.55. The highest BCUT2D eigenvalue weighted by atomic mass is 16.5. The van der Waals surface area contributed by atoms with Gasteiger partial charge in [0.2, 0.25) is 0 Å². The first kappa shape index (κ1) is 18.5. The van der Waals surface area contributed by atoms with Crippen molar-refractivity contribution in [3.8, 4) is 5.75 Å². The van der Waals surface area contributed by atoms with E-state index in [0.717, 1.165) is 10.9 Å². The largest absolute Gasteiger partial charge is 0.497 e. The van der Waals surface area contributed by atoms with Gasteiger partial charge in [-0.2, -0.15) is 0 Å². The average Bonchev–Trinajstić information content (AvgIpc) is 3.09. The van der Waals surface area contributed by atoms with Crippen LogP contribution < -0.4 is 10.1 Å². The summed E-state index contributed by atoms with van der Waals surface area (Å²) in [4.78, 5) is 24.1. The summed E-state index contributed by atoms with van der Waals surface area (Å²) >= 11 is 0.